The summed E-state index contributed by atoms with van der Waals surface area (Å²) in [4.78, 5) is 19.9. The number of pyridine rings is 2. The molecule has 4 rings (SSSR count). The number of anilines is 4. The van der Waals surface area contributed by atoms with Crippen molar-refractivity contribution in [2.24, 2.45) is 0 Å². The van der Waals surface area contributed by atoms with E-state index >= 15 is 0 Å². The molecule has 8 nitrogen and oxygen atoms in total. The van der Waals surface area contributed by atoms with Gasteiger partial charge in [-0.2, -0.15) is 31.3 Å². The number of methoxy groups -OCH3 is 1. The van der Waals surface area contributed by atoms with Crippen molar-refractivity contribution in [1.82, 2.24) is 19.9 Å². The standard InChI is InChI=1S/C24H25F6N7O/c1-31-22-34-18-8-11-36(21-17(23(25,26)27)4-3-9-32-21)10-7-16(18)20(35-22)37(12-13-38-2)15-5-6-19(33-14-15)24(28,29)30/h3-6,9,14H,7-8,10-13H2,1-2H3,(H,31,34,35). The fraction of sp³-hybridized carbons (Fsp3) is 0.417. The number of ether oxygens (including phenoxy) is 1. The topological polar surface area (TPSA) is 79.3 Å². The maximum absolute atomic E-state index is 13.7. The normalized spacial score (nSPS) is 14.2. The number of rotatable bonds is 7. The quantitative estimate of drug-likeness (QED) is 0.430. The SMILES string of the molecule is CNc1nc2c(c(N(CCOC)c3ccc(C(F)(F)F)nc3)n1)CCN(c1ncccc1C(F)(F)F)CC2. The second kappa shape index (κ2) is 11.0. The van der Waals surface area contributed by atoms with E-state index in [9.17, 15) is 26.3 Å². The van der Waals surface area contributed by atoms with Crippen LogP contribution >= 0.6 is 0 Å². The number of nitrogens with one attached hydrogen (secondary N) is 1. The first-order chi connectivity index (χ1) is 18.0. The number of alkyl halides is 6. The van der Waals surface area contributed by atoms with Crippen LogP contribution < -0.4 is 15.1 Å². The van der Waals surface area contributed by atoms with E-state index in [4.69, 9.17) is 4.74 Å². The van der Waals surface area contributed by atoms with Gasteiger partial charge in [-0.15, -0.1) is 0 Å². The minimum atomic E-state index is -4.59. The molecule has 0 fully saturated rings. The van der Waals surface area contributed by atoms with Crippen molar-refractivity contribution < 1.29 is 31.1 Å². The van der Waals surface area contributed by atoms with Crippen LogP contribution in [-0.4, -0.2) is 60.3 Å². The van der Waals surface area contributed by atoms with Crippen LogP contribution in [0.4, 0.5) is 49.6 Å². The molecular formula is C24H25F6N7O. The van der Waals surface area contributed by atoms with Crippen LogP contribution in [-0.2, 0) is 29.9 Å². The molecule has 3 aromatic heterocycles. The summed E-state index contributed by atoms with van der Waals surface area (Å²) in [7, 11) is 3.11. The summed E-state index contributed by atoms with van der Waals surface area (Å²) in [6.45, 7) is 0.889. The second-order valence-electron chi connectivity index (χ2n) is 8.45. The van der Waals surface area contributed by atoms with Gasteiger partial charge in [-0.25, -0.2) is 15.0 Å². The smallest absolute Gasteiger partial charge is 0.383 e. The van der Waals surface area contributed by atoms with E-state index in [1.165, 1.54) is 25.4 Å². The largest absolute Gasteiger partial charge is 0.433 e. The van der Waals surface area contributed by atoms with Crippen molar-refractivity contribution in [1.29, 1.82) is 0 Å². The zero-order chi connectivity index (χ0) is 27.5. The van der Waals surface area contributed by atoms with Crippen LogP contribution in [0.3, 0.4) is 0 Å². The summed E-state index contributed by atoms with van der Waals surface area (Å²) in [5, 5.41) is 2.88. The van der Waals surface area contributed by atoms with Crippen molar-refractivity contribution in [3.05, 3.63) is 59.2 Å². The highest BCUT2D eigenvalue weighted by Crippen LogP contribution is 2.37. The van der Waals surface area contributed by atoms with Gasteiger partial charge in [0.25, 0.3) is 0 Å². The maximum atomic E-state index is 13.7. The molecule has 1 N–H and O–H groups in total. The Morgan fingerprint density at radius 3 is 2.39 bits per heavy atom. The minimum Gasteiger partial charge on any atom is -0.383 e. The molecule has 4 heterocycles. The highest BCUT2D eigenvalue weighted by atomic mass is 19.4. The Morgan fingerprint density at radius 1 is 1.00 bits per heavy atom. The lowest BCUT2D eigenvalue weighted by Gasteiger charge is -2.27. The molecular weight excluding hydrogens is 516 g/mol. The zero-order valence-corrected chi connectivity index (χ0v) is 20.6. The molecule has 0 atom stereocenters. The maximum Gasteiger partial charge on any atom is 0.433 e. The van der Waals surface area contributed by atoms with Crippen LogP contribution in [0, 0.1) is 0 Å². The number of aromatic nitrogens is 4. The number of nitrogens with zero attached hydrogens (tertiary/aromatic N) is 6. The van der Waals surface area contributed by atoms with Crippen LogP contribution in [0.1, 0.15) is 22.5 Å². The van der Waals surface area contributed by atoms with Crippen LogP contribution in [0.15, 0.2) is 36.7 Å². The molecule has 0 saturated heterocycles. The van der Waals surface area contributed by atoms with Crippen molar-refractivity contribution in [2.45, 2.75) is 25.2 Å². The fourth-order valence-corrected chi connectivity index (χ4v) is 4.25. The van der Waals surface area contributed by atoms with E-state index in [-0.39, 0.29) is 44.4 Å². The van der Waals surface area contributed by atoms with E-state index in [1.807, 2.05) is 0 Å². The number of hydrogen-bond acceptors (Lipinski definition) is 8. The molecule has 38 heavy (non-hydrogen) atoms. The Labute approximate surface area is 214 Å². The van der Waals surface area contributed by atoms with E-state index in [0.717, 1.165) is 18.3 Å². The van der Waals surface area contributed by atoms with Gasteiger partial charge in [-0.1, -0.05) is 0 Å². The molecule has 0 amide bonds. The first kappa shape index (κ1) is 27.4. The minimum absolute atomic E-state index is 0.167. The van der Waals surface area contributed by atoms with Gasteiger partial charge in [0.05, 0.1) is 29.7 Å². The molecule has 0 bridgehead atoms. The molecule has 204 valence electrons. The van der Waals surface area contributed by atoms with Gasteiger partial charge >= 0.3 is 12.4 Å². The Balaban J connectivity index is 1.74. The Morgan fingerprint density at radius 2 is 1.76 bits per heavy atom. The number of halogens is 6. The lowest BCUT2D eigenvalue weighted by atomic mass is 10.1. The molecule has 0 aromatic carbocycles. The van der Waals surface area contributed by atoms with Gasteiger partial charge < -0.3 is 19.9 Å². The van der Waals surface area contributed by atoms with Crippen LogP contribution in [0.2, 0.25) is 0 Å². The second-order valence-corrected chi connectivity index (χ2v) is 8.45. The molecule has 0 unspecified atom stereocenters. The van der Waals surface area contributed by atoms with Gasteiger partial charge in [0.15, 0.2) is 0 Å². The fourth-order valence-electron chi connectivity index (χ4n) is 4.25. The average molecular weight is 542 g/mol. The molecule has 0 saturated carbocycles. The molecule has 1 aliphatic heterocycles. The van der Waals surface area contributed by atoms with Gasteiger partial charge in [0.2, 0.25) is 5.95 Å². The Kier molecular flexibility index (Phi) is 7.90. The van der Waals surface area contributed by atoms with Gasteiger partial charge in [0.1, 0.15) is 17.3 Å². The van der Waals surface area contributed by atoms with Crippen LogP contribution in [0.5, 0.6) is 0 Å². The number of hydrogen-bond donors (Lipinski definition) is 1. The predicted molar refractivity (Wildman–Crippen MR) is 129 cm³/mol. The predicted octanol–water partition coefficient (Wildman–Crippen LogP) is 4.74. The van der Waals surface area contributed by atoms with E-state index in [2.05, 4.69) is 25.3 Å². The third kappa shape index (κ3) is 5.90. The van der Waals surface area contributed by atoms with Gasteiger partial charge in [-0.05, 0) is 30.7 Å². The summed E-state index contributed by atoms with van der Waals surface area (Å²) in [6.07, 6.45) is -6.16. The van der Waals surface area contributed by atoms with Gasteiger partial charge in [0, 0.05) is 52.0 Å². The van der Waals surface area contributed by atoms with E-state index in [0.29, 0.717) is 29.2 Å². The highest BCUT2D eigenvalue weighted by Gasteiger charge is 2.36. The third-order valence-electron chi connectivity index (χ3n) is 6.06. The van der Waals surface area contributed by atoms with E-state index in [1.54, 1.807) is 16.8 Å². The Bertz CT molecular complexity index is 1250. The Hall–Kier alpha value is -3.68. The zero-order valence-electron chi connectivity index (χ0n) is 20.6. The molecule has 0 aliphatic carbocycles. The van der Waals surface area contributed by atoms with E-state index < -0.39 is 23.6 Å². The first-order valence-corrected chi connectivity index (χ1v) is 11.7. The van der Waals surface area contributed by atoms with Crippen molar-refractivity contribution in [2.75, 3.05) is 55.5 Å². The number of fused-ring (bicyclic) bond motifs is 1. The van der Waals surface area contributed by atoms with Gasteiger partial charge in [-0.3, -0.25) is 0 Å². The van der Waals surface area contributed by atoms with Crippen LogP contribution in [0.25, 0.3) is 0 Å². The average Bonchev–Trinajstić information content (AvgIpc) is 3.10. The molecule has 3 aromatic rings. The third-order valence-corrected chi connectivity index (χ3v) is 6.06. The van der Waals surface area contributed by atoms with Crippen molar-refractivity contribution in [3.63, 3.8) is 0 Å². The summed E-state index contributed by atoms with van der Waals surface area (Å²) < 4.78 is 85.4. The van der Waals surface area contributed by atoms with Crippen molar-refractivity contribution >= 4 is 23.3 Å². The monoisotopic (exact) mass is 541 g/mol. The summed E-state index contributed by atoms with van der Waals surface area (Å²) >= 11 is 0. The molecule has 0 radical (unpaired) electrons. The lowest BCUT2D eigenvalue weighted by Crippen LogP contribution is -2.29. The van der Waals surface area contributed by atoms with Crippen molar-refractivity contribution in [3.8, 4) is 0 Å². The summed E-state index contributed by atoms with van der Waals surface area (Å²) in [5.74, 6) is 0.513. The summed E-state index contributed by atoms with van der Waals surface area (Å²) in [5.41, 5.74) is -0.216. The highest BCUT2D eigenvalue weighted by molar-refractivity contribution is 5.65. The molecule has 1 aliphatic rings. The lowest BCUT2D eigenvalue weighted by molar-refractivity contribution is -0.141. The first-order valence-electron chi connectivity index (χ1n) is 11.7. The molecule has 14 heteroatoms. The molecule has 0 spiro atoms. The summed E-state index contributed by atoms with van der Waals surface area (Å²) in [6, 6.07) is 4.42.